The van der Waals surface area contributed by atoms with Crippen molar-refractivity contribution in [3.05, 3.63) is 47.5 Å². The van der Waals surface area contributed by atoms with Crippen LogP contribution in [0.4, 0.5) is 0 Å². The van der Waals surface area contributed by atoms with E-state index in [2.05, 4.69) is 0 Å². The molecule has 0 aliphatic heterocycles. The SMILES string of the molecule is CCOc1cc(C(=O)c2ccccc2)c(O)c(O)c1O. The van der Waals surface area contributed by atoms with Gasteiger partial charge in [-0.1, -0.05) is 30.3 Å². The molecule has 0 bridgehead atoms. The number of aromatic hydroxyl groups is 3. The van der Waals surface area contributed by atoms with Gasteiger partial charge in [-0.05, 0) is 13.0 Å². The van der Waals surface area contributed by atoms with E-state index in [-0.39, 0.29) is 17.9 Å². The van der Waals surface area contributed by atoms with E-state index in [0.29, 0.717) is 5.56 Å². The molecule has 0 saturated heterocycles. The maximum absolute atomic E-state index is 12.3. The lowest BCUT2D eigenvalue weighted by molar-refractivity contribution is 0.103. The van der Waals surface area contributed by atoms with Crippen molar-refractivity contribution >= 4 is 5.78 Å². The molecule has 20 heavy (non-hydrogen) atoms. The lowest BCUT2D eigenvalue weighted by atomic mass is 10.0. The summed E-state index contributed by atoms with van der Waals surface area (Å²) in [4.78, 5) is 12.3. The summed E-state index contributed by atoms with van der Waals surface area (Å²) >= 11 is 0. The Bertz CT molecular complexity index is 634. The van der Waals surface area contributed by atoms with Crippen LogP contribution in [0.5, 0.6) is 23.0 Å². The molecule has 104 valence electrons. The number of carbonyl (C=O) groups is 1. The Morgan fingerprint density at radius 3 is 2.30 bits per heavy atom. The summed E-state index contributed by atoms with van der Waals surface area (Å²) < 4.78 is 5.13. The van der Waals surface area contributed by atoms with Gasteiger partial charge in [-0.15, -0.1) is 0 Å². The molecule has 2 aromatic rings. The van der Waals surface area contributed by atoms with E-state index in [1.54, 1.807) is 37.3 Å². The lowest BCUT2D eigenvalue weighted by Crippen LogP contribution is -2.03. The van der Waals surface area contributed by atoms with Crippen LogP contribution < -0.4 is 4.74 Å². The molecule has 0 fully saturated rings. The third-order valence-electron chi connectivity index (χ3n) is 2.79. The van der Waals surface area contributed by atoms with E-state index in [1.165, 1.54) is 6.07 Å². The van der Waals surface area contributed by atoms with Crippen molar-refractivity contribution in [2.75, 3.05) is 6.61 Å². The van der Waals surface area contributed by atoms with E-state index in [9.17, 15) is 20.1 Å². The summed E-state index contributed by atoms with van der Waals surface area (Å²) in [5.41, 5.74) is 0.227. The molecule has 5 heteroatoms. The maximum atomic E-state index is 12.3. The molecule has 0 saturated carbocycles. The largest absolute Gasteiger partial charge is 0.504 e. The molecule has 0 radical (unpaired) electrons. The summed E-state index contributed by atoms with van der Waals surface area (Å²) in [5.74, 6) is -2.55. The molecular formula is C15H14O5. The zero-order chi connectivity index (χ0) is 14.7. The zero-order valence-electron chi connectivity index (χ0n) is 10.8. The van der Waals surface area contributed by atoms with E-state index < -0.39 is 23.0 Å². The van der Waals surface area contributed by atoms with Gasteiger partial charge in [0.2, 0.25) is 11.5 Å². The molecule has 0 spiro atoms. The third-order valence-corrected chi connectivity index (χ3v) is 2.79. The average molecular weight is 274 g/mol. The molecule has 0 heterocycles. The molecule has 0 aliphatic rings. The number of hydrogen-bond acceptors (Lipinski definition) is 5. The van der Waals surface area contributed by atoms with Crippen molar-refractivity contribution < 1.29 is 24.9 Å². The monoisotopic (exact) mass is 274 g/mol. The fraction of sp³-hybridized carbons (Fsp3) is 0.133. The number of benzene rings is 2. The highest BCUT2D eigenvalue weighted by Crippen LogP contribution is 2.45. The van der Waals surface area contributed by atoms with Crippen LogP contribution in [0.2, 0.25) is 0 Å². The van der Waals surface area contributed by atoms with Gasteiger partial charge in [-0.3, -0.25) is 4.79 Å². The first-order valence-corrected chi connectivity index (χ1v) is 6.06. The van der Waals surface area contributed by atoms with E-state index in [4.69, 9.17) is 4.74 Å². The lowest BCUT2D eigenvalue weighted by Gasteiger charge is -2.12. The van der Waals surface area contributed by atoms with Gasteiger partial charge in [0, 0.05) is 5.56 Å². The molecule has 0 aromatic heterocycles. The molecule has 0 unspecified atom stereocenters. The number of rotatable bonds is 4. The van der Waals surface area contributed by atoms with Gasteiger partial charge in [0.25, 0.3) is 0 Å². The van der Waals surface area contributed by atoms with Crippen molar-refractivity contribution in [1.29, 1.82) is 0 Å². The summed E-state index contributed by atoms with van der Waals surface area (Å²) in [7, 11) is 0. The van der Waals surface area contributed by atoms with E-state index in [0.717, 1.165) is 0 Å². The van der Waals surface area contributed by atoms with Crippen molar-refractivity contribution in [2.24, 2.45) is 0 Å². The third kappa shape index (κ3) is 2.38. The number of ether oxygens (including phenoxy) is 1. The summed E-state index contributed by atoms with van der Waals surface area (Å²) in [6.45, 7) is 1.94. The number of phenolic OH excluding ortho intramolecular Hbond substituents is 3. The first-order chi connectivity index (χ1) is 9.56. The molecule has 2 aromatic carbocycles. The van der Waals surface area contributed by atoms with Gasteiger partial charge < -0.3 is 20.1 Å². The summed E-state index contributed by atoms with van der Waals surface area (Å²) in [5, 5.41) is 29.1. The number of hydrogen-bond donors (Lipinski definition) is 3. The number of ketones is 1. The van der Waals surface area contributed by atoms with Crippen LogP contribution in [0.25, 0.3) is 0 Å². The molecule has 5 nitrogen and oxygen atoms in total. The average Bonchev–Trinajstić information content (AvgIpc) is 2.48. The number of carbonyl (C=O) groups excluding carboxylic acids is 1. The summed E-state index contributed by atoms with van der Waals surface area (Å²) in [6, 6.07) is 9.53. The van der Waals surface area contributed by atoms with Crippen LogP contribution in [0.15, 0.2) is 36.4 Å². The fourth-order valence-corrected chi connectivity index (χ4v) is 1.81. The van der Waals surface area contributed by atoms with Crippen LogP contribution >= 0.6 is 0 Å². The zero-order valence-corrected chi connectivity index (χ0v) is 10.8. The first-order valence-electron chi connectivity index (χ1n) is 6.06. The normalized spacial score (nSPS) is 10.2. The quantitative estimate of drug-likeness (QED) is 0.588. The standard InChI is InChI=1S/C15H14O5/c1-2-20-11-8-10(13(17)15(19)14(11)18)12(16)9-6-4-3-5-7-9/h3-8,17-19H,2H2,1H3. The fourth-order valence-electron chi connectivity index (χ4n) is 1.81. The van der Waals surface area contributed by atoms with Crippen LogP contribution in [-0.4, -0.2) is 27.7 Å². The Labute approximate surface area is 115 Å². The van der Waals surface area contributed by atoms with Crippen LogP contribution in [0.3, 0.4) is 0 Å². The number of phenols is 3. The van der Waals surface area contributed by atoms with Crippen LogP contribution in [-0.2, 0) is 0 Å². The van der Waals surface area contributed by atoms with Crippen LogP contribution in [0, 0.1) is 0 Å². The molecule has 0 aliphatic carbocycles. The molecule has 2 rings (SSSR count). The molecule has 3 N–H and O–H groups in total. The Morgan fingerprint density at radius 1 is 1.05 bits per heavy atom. The Hall–Kier alpha value is -2.69. The smallest absolute Gasteiger partial charge is 0.205 e. The van der Waals surface area contributed by atoms with Crippen LogP contribution in [0.1, 0.15) is 22.8 Å². The predicted molar refractivity (Wildman–Crippen MR) is 72.5 cm³/mol. The van der Waals surface area contributed by atoms with E-state index >= 15 is 0 Å². The topological polar surface area (TPSA) is 87.0 Å². The summed E-state index contributed by atoms with van der Waals surface area (Å²) in [6.07, 6.45) is 0. The van der Waals surface area contributed by atoms with Crippen molar-refractivity contribution in [3.63, 3.8) is 0 Å². The first kappa shape index (κ1) is 13.7. The predicted octanol–water partition coefficient (Wildman–Crippen LogP) is 2.43. The van der Waals surface area contributed by atoms with Gasteiger partial charge in [0.1, 0.15) is 0 Å². The highest BCUT2D eigenvalue weighted by atomic mass is 16.5. The van der Waals surface area contributed by atoms with Crippen molar-refractivity contribution in [1.82, 2.24) is 0 Å². The maximum Gasteiger partial charge on any atom is 0.205 e. The Balaban J connectivity index is 2.54. The Morgan fingerprint density at radius 2 is 1.70 bits per heavy atom. The van der Waals surface area contributed by atoms with Gasteiger partial charge in [-0.2, -0.15) is 0 Å². The van der Waals surface area contributed by atoms with Crippen molar-refractivity contribution in [3.8, 4) is 23.0 Å². The van der Waals surface area contributed by atoms with Crippen molar-refractivity contribution in [2.45, 2.75) is 6.92 Å². The minimum Gasteiger partial charge on any atom is -0.504 e. The minimum atomic E-state index is -0.768. The van der Waals surface area contributed by atoms with Gasteiger partial charge >= 0.3 is 0 Å². The molecule has 0 atom stereocenters. The molecule has 0 amide bonds. The second-order valence-electron chi connectivity index (χ2n) is 4.10. The second kappa shape index (κ2) is 5.52. The highest BCUT2D eigenvalue weighted by Gasteiger charge is 2.22. The van der Waals surface area contributed by atoms with Gasteiger partial charge in [0.15, 0.2) is 17.3 Å². The van der Waals surface area contributed by atoms with Gasteiger partial charge in [0.05, 0.1) is 12.2 Å². The highest BCUT2D eigenvalue weighted by molar-refractivity contribution is 6.11. The molecular weight excluding hydrogens is 260 g/mol. The van der Waals surface area contributed by atoms with Gasteiger partial charge in [-0.25, -0.2) is 0 Å². The Kier molecular flexibility index (Phi) is 3.79. The second-order valence-corrected chi connectivity index (χ2v) is 4.10. The van der Waals surface area contributed by atoms with E-state index in [1.807, 2.05) is 0 Å². The minimum absolute atomic E-state index is 0.0536.